The lowest BCUT2D eigenvalue weighted by molar-refractivity contribution is 0.0990. The molecule has 0 fully saturated rings. The van der Waals surface area contributed by atoms with Crippen LogP contribution in [0.3, 0.4) is 0 Å². The van der Waals surface area contributed by atoms with Gasteiger partial charge in [-0.1, -0.05) is 6.07 Å². The van der Waals surface area contributed by atoms with E-state index in [9.17, 15) is 9.59 Å². The third-order valence-electron chi connectivity index (χ3n) is 4.29. The van der Waals surface area contributed by atoms with Crippen LogP contribution in [0.1, 0.15) is 44.7 Å². The molecular formula is C22H21NO4. The fraction of sp³-hybridized carbons (Fsp3) is 0.182. The Morgan fingerprint density at radius 1 is 0.963 bits per heavy atom. The average Bonchev–Trinajstić information content (AvgIpc) is 3.12. The first-order chi connectivity index (χ1) is 12.9. The zero-order valence-electron chi connectivity index (χ0n) is 15.5. The molecule has 0 aliphatic heterocycles. The smallest absolute Gasteiger partial charge is 0.291 e. The van der Waals surface area contributed by atoms with E-state index in [1.807, 2.05) is 32.0 Å². The molecule has 5 nitrogen and oxygen atoms in total. The molecule has 0 aliphatic rings. The molecule has 3 aromatic rings. The Balaban J connectivity index is 1.59. The second kappa shape index (κ2) is 7.91. The molecule has 27 heavy (non-hydrogen) atoms. The van der Waals surface area contributed by atoms with Crippen molar-refractivity contribution in [2.75, 3.05) is 5.32 Å². The highest BCUT2D eigenvalue weighted by Crippen LogP contribution is 2.18. The second-order valence-corrected chi connectivity index (χ2v) is 6.39. The summed E-state index contributed by atoms with van der Waals surface area (Å²) in [5.41, 5.74) is 3.63. The molecule has 0 saturated heterocycles. The first-order valence-corrected chi connectivity index (χ1v) is 8.63. The van der Waals surface area contributed by atoms with E-state index in [4.69, 9.17) is 9.15 Å². The van der Waals surface area contributed by atoms with Crippen molar-refractivity contribution < 1.29 is 18.7 Å². The second-order valence-electron chi connectivity index (χ2n) is 6.39. The van der Waals surface area contributed by atoms with Gasteiger partial charge in [0.2, 0.25) is 0 Å². The van der Waals surface area contributed by atoms with Crippen molar-refractivity contribution in [3.05, 3.63) is 82.8 Å². The lowest BCUT2D eigenvalue weighted by Gasteiger charge is -2.06. The number of aryl methyl sites for hydroxylation is 2. The van der Waals surface area contributed by atoms with Crippen molar-refractivity contribution in [1.82, 2.24) is 0 Å². The van der Waals surface area contributed by atoms with Crippen LogP contribution in [-0.2, 0) is 6.61 Å². The summed E-state index contributed by atoms with van der Waals surface area (Å²) in [5.74, 6) is 1.08. The van der Waals surface area contributed by atoms with Gasteiger partial charge in [-0.05, 0) is 80.4 Å². The number of hydrogen-bond acceptors (Lipinski definition) is 4. The predicted octanol–water partition coefficient (Wildman–Crippen LogP) is 4.93. The highest BCUT2D eigenvalue weighted by molar-refractivity contribution is 6.02. The average molecular weight is 363 g/mol. The van der Waals surface area contributed by atoms with E-state index in [2.05, 4.69) is 5.32 Å². The number of benzene rings is 2. The number of nitrogens with one attached hydrogen (secondary N) is 1. The van der Waals surface area contributed by atoms with Crippen molar-refractivity contribution in [3.8, 4) is 5.75 Å². The minimum Gasteiger partial charge on any atom is -0.486 e. The minimum atomic E-state index is -0.310. The maximum Gasteiger partial charge on any atom is 0.291 e. The van der Waals surface area contributed by atoms with Gasteiger partial charge in [0.1, 0.15) is 18.1 Å². The van der Waals surface area contributed by atoms with Crippen molar-refractivity contribution in [1.29, 1.82) is 0 Å². The lowest BCUT2D eigenvalue weighted by atomic mass is 10.1. The van der Waals surface area contributed by atoms with Crippen LogP contribution in [0.5, 0.6) is 5.75 Å². The van der Waals surface area contributed by atoms with Crippen molar-refractivity contribution in [2.24, 2.45) is 0 Å². The number of hydrogen-bond donors (Lipinski definition) is 1. The maximum absolute atomic E-state index is 12.3. The molecular weight excluding hydrogens is 342 g/mol. The third-order valence-corrected chi connectivity index (χ3v) is 4.29. The van der Waals surface area contributed by atoms with Gasteiger partial charge in [0.15, 0.2) is 11.5 Å². The van der Waals surface area contributed by atoms with E-state index in [-0.39, 0.29) is 24.1 Å². The van der Waals surface area contributed by atoms with Gasteiger partial charge in [0.25, 0.3) is 5.91 Å². The van der Waals surface area contributed by atoms with E-state index in [1.165, 1.54) is 12.5 Å². The summed E-state index contributed by atoms with van der Waals surface area (Å²) in [6.07, 6.45) is 0. The van der Waals surface area contributed by atoms with Crippen molar-refractivity contribution >= 4 is 17.4 Å². The van der Waals surface area contributed by atoms with E-state index < -0.39 is 0 Å². The van der Waals surface area contributed by atoms with Crippen LogP contribution < -0.4 is 10.1 Å². The van der Waals surface area contributed by atoms with Gasteiger partial charge >= 0.3 is 0 Å². The predicted molar refractivity (Wildman–Crippen MR) is 103 cm³/mol. The molecule has 5 heteroatoms. The highest BCUT2D eigenvalue weighted by Gasteiger charge is 2.12. The van der Waals surface area contributed by atoms with E-state index in [0.29, 0.717) is 17.1 Å². The minimum absolute atomic E-state index is 0.00649. The van der Waals surface area contributed by atoms with Gasteiger partial charge in [-0.25, -0.2) is 0 Å². The number of rotatable bonds is 6. The summed E-state index contributed by atoms with van der Waals surface area (Å²) in [5, 5.41) is 2.82. The number of anilines is 1. The summed E-state index contributed by atoms with van der Waals surface area (Å²) in [4.78, 5) is 23.6. The molecule has 1 aromatic heterocycles. The standard InChI is InChI=1S/C22H21NO4/c1-14-4-7-18(12-15(14)2)23-22(25)21-11-10-20(27-21)13-26-19-8-5-17(6-9-19)16(3)24/h4-12H,13H2,1-3H3,(H,23,25). The first kappa shape index (κ1) is 18.5. The summed E-state index contributed by atoms with van der Waals surface area (Å²) >= 11 is 0. The monoisotopic (exact) mass is 363 g/mol. The Morgan fingerprint density at radius 3 is 2.37 bits per heavy atom. The van der Waals surface area contributed by atoms with Gasteiger partial charge in [-0.3, -0.25) is 9.59 Å². The number of carbonyl (C=O) groups is 2. The molecule has 3 rings (SSSR count). The molecule has 0 atom stereocenters. The first-order valence-electron chi connectivity index (χ1n) is 8.63. The number of Topliss-reactive ketones (excluding diaryl/α,β-unsaturated/α-hetero) is 1. The van der Waals surface area contributed by atoms with Crippen LogP contribution >= 0.6 is 0 Å². The fourth-order valence-electron chi connectivity index (χ4n) is 2.53. The maximum atomic E-state index is 12.3. The summed E-state index contributed by atoms with van der Waals surface area (Å²) < 4.78 is 11.2. The molecule has 0 bridgehead atoms. The van der Waals surface area contributed by atoms with Gasteiger partial charge < -0.3 is 14.5 Å². The Labute approximate surface area is 158 Å². The summed E-state index contributed by atoms with van der Waals surface area (Å²) in [7, 11) is 0. The number of ether oxygens (including phenoxy) is 1. The highest BCUT2D eigenvalue weighted by atomic mass is 16.5. The number of amides is 1. The van der Waals surface area contributed by atoms with Gasteiger partial charge in [0.05, 0.1) is 0 Å². The van der Waals surface area contributed by atoms with Crippen molar-refractivity contribution in [3.63, 3.8) is 0 Å². The zero-order chi connectivity index (χ0) is 19.4. The van der Waals surface area contributed by atoms with Crippen LogP contribution in [0.4, 0.5) is 5.69 Å². The summed E-state index contributed by atoms with van der Waals surface area (Å²) in [6, 6.07) is 15.9. The molecule has 138 valence electrons. The number of ketones is 1. The molecule has 0 aliphatic carbocycles. The molecule has 1 N–H and O–H groups in total. The van der Waals surface area contributed by atoms with Gasteiger partial charge in [-0.2, -0.15) is 0 Å². The SMILES string of the molecule is CC(=O)c1ccc(OCc2ccc(C(=O)Nc3ccc(C)c(C)c3)o2)cc1. The lowest BCUT2D eigenvalue weighted by Crippen LogP contribution is -2.11. The topological polar surface area (TPSA) is 68.5 Å². The molecule has 1 amide bonds. The Bertz CT molecular complexity index is 970. The van der Waals surface area contributed by atoms with E-state index in [1.54, 1.807) is 36.4 Å². The number of furan rings is 1. The largest absolute Gasteiger partial charge is 0.486 e. The molecule has 0 radical (unpaired) electrons. The molecule has 2 aromatic carbocycles. The van der Waals surface area contributed by atoms with Crippen LogP contribution in [0.15, 0.2) is 59.0 Å². The van der Waals surface area contributed by atoms with Crippen molar-refractivity contribution in [2.45, 2.75) is 27.4 Å². The van der Waals surface area contributed by atoms with Crippen LogP contribution in [0.25, 0.3) is 0 Å². The zero-order valence-corrected chi connectivity index (χ0v) is 15.5. The molecule has 1 heterocycles. The Hall–Kier alpha value is -3.34. The van der Waals surface area contributed by atoms with Gasteiger partial charge in [0, 0.05) is 11.3 Å². The Kier molecular flexibility index (Phi) is 5.41. The normalized spacial score (nSPS) is 10.5. The van der Waals surface area contributed by atoms with Crippen LogP contribution in [-0.4, -0.2) is 11.7 Å². The fourth-order valence-corrected chi connectivity index (χ4v) is 2.53. The van der Waals surface area contributed by atoms with E-state index in [0.717, 1.165) is 11.3 Å². The molecule has 0 saturated carbocycles. The van der Waals surface area contributed by atoms with E-state index >= 15 is 0 Å². The number of carbonyl (C=O) groups excluding carboxylic acids is 2. The molecule has 0 spiro atoms. The van der Waals surface area contributed by atoms with Gasteiger partial charge in [-0.15, -0.1) is 0 Å². The molecule has 0 unspecified atom stereocenters. The third kappa shape index (κ3) is 4.64. The summed E-state index contributed by atoms with van der Waals surface area (Å²) in [6.45, 7) is 5.73. The van der Waals surface area contributed by atoms with Crippen LogP contribution in [0, 0.1) is 13.8 Å². The Morgan fingerprint density at radius 2 is 1.70 bits per heavy atom. The van der Waals surface area contributed by atoms with Crippen LogP contribution in [0.2, 0.25) is 0 Å². The quantitative estimate of drug-likeness (QED) is 0.631.